The Bertz CT molecular complexity index is 868. The summed E-state index contributed by atoms with van der Waals surface area (Å²) in [6.07, 6.45) is 5.45. The first-order chi connectivity index (χ1) is 13.0. The molecule has 3 heterocycles. The fourth-order valence-electron chi connectivity index (χ4n) is 3.15. The minimum Gasteiger partial charge on any atom is -0.349 e. The van der Waals surface area contributed by atoms with Gasteiger partial charge >= 0.3 is 0 Å². The zero-order chi connectivity index (χ0) is 19.3. The number of carbonyl (C=O) groups is 1. The first-order valence-electron chi connectivity index (χ1n) is 9.10. The van der Waals surface area contributed by atoms with Crippen molar-refractivity contribution in [3.63, 3.8) is 0 Å². The lowest BCUT2D eigenvalue weighted by atomic mass is 9.99. The molecule has 27 heavy (non-hydrogen) atoms. The molecule has 3 rings (SSSR count). The van der Waals surface area contributed by atoms with Gasteiger partial charge in [0.15, 0.2) is 0 Å². The number of aromatic nitrogens is 2. The van der Waals surface area contributed by atoms with E-state index in [4.69, 9.17) is 0 Å². The Morgan fingerprint density at radius 1 is 1.37 bits per heavy atom. The van der Waals surface area contributed by atoms with E-state index < -0.39 is 10.0 Å². The van der Waals surface area contributed by atoms with Gasteiger partial charge in [0, 0.05) is 36.4 Å². The maximum absolute atomic E-state index is 12.5. The van der Waals surface area contributed by atoms with Gasteiger partial charge in [-0.05, 0) is 31.4 Å². The molecule has 2 aromatic heterocycles. The highest BCUT2D eigenvalue weighted by molar-refractivity contribution is 7.89. The van der Waals surface area contributed by atoms with Gasteiger partial charge in [0.2, 0.25) is 15.9 Å². The zero-order valence-electron chi connectivity index (χ0n) is 15.3. The van der Waals surface area contributed by atoms with Crippen LogP contribution >= 0.6 is 11.3 Å². The summed E-state index contributed by atoms with van der Waals surface area (Å²) in [5.41, 5.74) is 1.85. The number of pyridine rings is 1. The molecule has 0 spiro atoms. The molecule has 1 fully saturated rings. The van der Waals surface area contributed by atoms with Gasteiger partial charge < -0.3 is 5.32 Å². The first-order valence-corrected chi connectivity index (χ1v) is 11.6. The molecule has 0 radical (unpaired) electrons. The lowest BCUT2D eigenvalue weighted by Gasteiger charge is -2.31. The summed E-state index contributed by atoms with van der Waals surface area (Å²) in [6, 6.07) is 3.79. The highest BCUT2D eigenvalue weighted by Gasteiger charge is 2.31. The molecular formula is C18H24N4O3S2. The molecule has 0 aliphatic carbocycles. The topological polar surface area (TPSA) is 92.3 Å². The molecule has 0 saturated carbocycles. The predicted octanol–water partition coefficient (Wildman–Crippen LogP) is 2.27. The van der Waals surface area contributed by atoms with Gasteiger partial charge in [-0.2, -0.15) is 0 Å². The van der Waals surface area contributed by atoms with Crippen LogP contribution in [0.4, 0.5) is 0 Å². The van der Waals surface area contributed by atoms with Crippen LogP contribution < -0.4 is 5.32 Å². The van der Waals surface area contributed by atoms with Gasteiger partial charge in [0.05, 0.1) is 23.9 Å². The normalized spacial score (nSPS) is 18.3. The molecule has 7 nitrogen and oxygen atoms in total. The van der Waals surface area contributed by atoms with Crippen molar-refractivity contribution in [3.8, 4) is 11.3 Å². The van der Waals surface area contributed by atoms with Crippen molar-refractivity contribution in [2.24, 2.45) is 5.92 Å². The Hall–Kier alpha value is -1.84. The van der Waals surface area contributed by atoms with E-state index in [0.717, 1.165) is 16.3 Å². The molecule has 1 aliphatic heterocycles. The van der Waals surface area contributed by atoms with Crippen molar-refractivity contribution in [3.05, 3.63) is 34.9 Å². The van der Waals surface area contributed by atoms with E-state index in [9.17, 15) is 13.2 Å². The van der Waals surface area contributed by atoms with Gasteiger partial charge in [-0.25, -0.2) is 17.7 Å². The van der Waals surface area contributed by atoms with Crippen molar-refractivity contribution < 1.29 is 13.2 Å². The van der Waals surface area contributed by atoms with Crippen molar-refractivity contribution >= 4 is 27.3 Å². The number of hydrogen-bond acceptors (Lipinski definition) is 6. The first kappa shape index (κ1) is 19.9. The van der Waals surface area contributed by atoms with Crippen LogP contribution in [0.15, 0.2) is 29.9 Å². The molecule has 1 N–H and O–H groups in total. The SMILES string of the molecule is CCCS(=O)(=O)N1CCCC(C(=O)NCc2nc(-c3ccncc3)cs2)C1. The summed E-state index contributed by atoms with van der Waals surface area (Å²) in [5, 5.41) is 5.69. The van der Waals surface area contributed by atoms with Crippen molar-refractivity contribution in [2.45, 2.75) is 32.7 Å². The van der Waals surface area contributed by atoms with Crippen molar-refractivity contribution in [1.82, 2.24) is 19.6 Å². The molecule has 1 atom stereocenters. The second kappa shape index (κ2) is 8.90. The summed E-state index contributed by atoms with van der Waals surface area (Å²) in [5.74, 6) is -0.268. The molecule has 1 saturated heterocycles. The van der Waals surface area contributed by atoms with Crippen molar-refractivity contribution in [2.75, 3.05) is 18.8 Å². The minimum atomic E-state index is -3.26. The second-order valence-corrected chi connectivity index (χ2v) is 9.62. The average molecular weight is 409 g/mol. The fraction of sp³-hybridized carbons (Fsp3) is 0.500. The Kier molecular flexibility index (Phi) is 6.56. The van der Waals surface area contributed by atoms with Gasteiger partial charge in [-0.1, -0.05) is 6.92 Å². The Labute approximate surface area is 163 Å². The maximum Gasteiger partial charge on any atom is 0.224 e. The summed E-state index contributed by atoms with van der Waals surface area (Å²) in [7, 11) is -3.26. The molecule has 1 aliphatic rings. The number of carbonyl (C=O) groups excluding carboxylic acids is 1. The molecular weight excluding hydrogens is 384 g/mol. The standard InChI is InChI=1S/C18H24N4O3S2/c1-2-10-27(24,25)22-9-3-4-15(12-22)18(23)20-11-17-21-16(13-26-17)14-5-7-19-8-6-14/h5-8,13,15H,2-4,9-12H2,1H3,(H,20,23). The van der Waals surface area contributed by atoms with Crippen LogP contribution in [0.2, 0.25) is 0 Å². The lowest BCUT2D eigenvalue weighted by molar-refractivity contribution is -0.126. The maximum atomic E-state index is 12.5. The largest absolute Gasteiger partial charge is 0.349 e. The van der Waals surface area contributed by atoms with Crippen LogP contribution in [0.5, 0.6) is 0 Å². The van der Waals surface area contributed by atoms with E-state index in [-0.39, 0.29) is 24.1 Å². The van der Waals surface area contributed by atoms with E-state index >= 15 is 0 Å². The number of piperidine rings is 1. The van der Waals surface area contributed by atoms with E-state index in [1.54, 1.807) is 12.4 Å². The average Bonchev–Trinajstić information content (AvgIpc) is 3.16. The van der Waals surface area contributed by atoms with E-state index in [2.05, 4.69) is 15.3 Å². The quantitative estimate of drug-likeness (QED) is 0.759. The van der Waals surface area contributed by atoms with Crippen LogP contribution in [0.3, 0.4) is 0 Å². The van der Waals surface area contributed by atoms with Gasteiger partial charge in [-0.3, -0.25) is 9.78 Å². The molecule has 2 aromatic rings. The molecule has 1 amide bonds. The number of thiazole rings is 1. The number of amides is 1. The predicted molar refractivity (Wildman–Crippen MR) is 106 cm³/mol. The molecule has 9 heteroatoms. The summed E-state index contributed by atoms with van der Waals surface area (Å²) >= 11 is 1.49. The summed E-state index contributed by atoms with van der Waals surface area (Å²) < 4.78 is 26.0. The number of hydrogen-bond donors (Lipinski definition) is 1. The second-order valence-electron chi connectivity index (χ2n) is 6.59. The Morgan fingerprint density at radius 3 is 2.89 bits per heavy atom. The van der Waals surface area contributed by atoms with Crippen LogP contribution in [-0.4, -0.2) is 47.4 Å². The van der Waals surface area contributed by atoms with Crippen LogP contribution in [-0.2, 0) is 21.4 Å². The number of rotatable bonds is 7. The fourth-order valence-corrected chi connectivity index (χ4v) is 5.48. The van der Waals surface area contributed by atoms with Crippen LogP contribution in [0, 0.1) is 5.92 Å². The smallest absolute Gasteiger partial charge is 0.224 e. The summed E-state index contributed by atoms with van der Waals surface area (Å²) in [4.78, 5) is 21.1. The Balaban J connectivity index is 1.56. The highest BCUT2D eigenvalue weighted by atomic mass is 32.2. The Morgan fingerprint density at radius 2 is 2.15 bits per heavy atom. The third-order valence-electron chi connectivity index (χ3n) is 4.55. The highest BCUT2D eigenvalue weighted by Crippen LogP contribution is 2.22. The van der Waals surface area contributed by atoms with Gasteiger partial charge in [-0.15, -0.1) is 11.3 Å². The van der Waals surface area contributed by atoms with E-state index in [1.165, 1.54) is 15.6 Å². The third-order valence-corrected chi connectivity index (χ3v) is 7.44. The lowest BCUT2D eigenvalue weighted by Crippen LogP contribution is -2.45. The van der Waals surface area contributed by atoms with Crippen molar-refractivity contribution in [1.29, 1.82) is 0 Å². The number of nitrogens with one attached hydrogen (secondary N) is 1. The molecule has 0 aromatic carbocycles. The number of sulfonamides is 1. The minimum absolute atomic E-state index is 0.105. The zero-order valence-corrected chi connectivity index (χ0v) is 16.9. The van der Waals surface area contributed by atoms with E-state index in [1.807, 2.05) is 24.4 Å². The van der Waals surface area contributed by atoms with Gasteiger partial charge in [0.1, 0.15) is 5.01 Å². The van der Waals surface area contributed by atoms with E-state index in [0.29, 0.717) is 32.4 Å². The van der Waals surface area contributed by atoms with Crippen LogP contribution in [0.25, 0.3) is 11.3 Å². The molecule has 0 bridgehead atoms. The molecule has 146 valence electrons. The molecule has 1 unspecified atom stereocenters. The third kappa shape index (κ3) is 5.12. The van der Waals surface area contributed by atoms with Gasteiger partial charge in [0.25, 0.3) is 0 Å². The van der Waals surface area contributed by atoms with Crippen LogP contribution in [0.1, 0.15) is 31.2 Å². The monoisotopic (exact) mass is 408 g/mol. The summed E-state index contributed by atoms with van der Waals surface area (Å²) in [6.45, 7) is 2.98. The number of nitrogens with zero attached hydrogens (tertiary/aromatic N) is 3.